The molecular formula is C18H20FN2O4P. The van der Waals surface area contributed by atoms with Crippen molar-refractivity contribution in [3.8, 4) is 0 Å². The number of nitrogens with one attached hydrogen (secondary N) is 1. The van der Waals surface area contributed by atoms with Gasteiger partial charge in [0.05, 0.1) is 11.9 Å². The van der Waals surface area contributed by atoms with E-state index in [9.17, 15) is 13.8 Å². The molecule has 1 aliphatic rings. The first-order chi connectivity index (χ1) is 12.5. The Hall–Kier alpha value is -2.05. The number of nitrogens with zero attached hydrogens (tertiary/aromatic N) is 1. The van der Waals surface area contributed by atoms with Crippen LogP contribution >= 0.6 is 7.52 Å². The number of hydroxylamine groups is 1. The first kappa shape index (κ1) is 18.7. The summed E-state index contributed by atoms with van der Waals surface area (Å²) >= 11 is 0. The Kier molecular flexibility index (Phi) is 5.53. The summed E-state index contributed by atoms with van der Waals surface area (Å²) < 4.78 is 35.2. The van der Waals surface area contributed by atoms with E-state index in [2.05, 4.69) is 0 Å². The SMILES string of the molecule is CCOP(=O)(c1ccccc1F)N1Cc2ccccc2C[C@@H]1C(=O)NO. The normalized spacial score (nSPS) is 19.4. The number of benzene rings is 2. The molecule has 3 rings (SSSR count). The molecule has 0 aliphatic carbocycles. The molecule has 0 bridgehead atoms. The van der Waals surface area contributed by atoms with Crippen LogP contribution in [0.5, 0.6) is 0 Å². The van der Waals surface area contributed by atoms with E-state index >= 15 is 0 Å². The second-order valence-electron chi connectivity index (χ2n) is 5.95. The maximum atomic E-state index is 14.4. The summed E-state index contributed by atoms with van der Waals surface area (Å²) in [5.41, 5.74) is 3.42. The van der Waals surface area contributed by atoms with Gasteiger partial charge in [-0.3, -0.25) is 14.6 Å². The minimum Gasteiger partial charge on any atom is -0.314 e. The van der Waals surface area contributed by atoms with Crippen LogP contribution in [0.15, 0.2) is 48.5 Å². The Morgan fingerprint density at radius 1 is 1.27 bits per heavy atom. The van der Waals surface area contributed by atoms with E-state index in [0.717, 1.165) is 11.1 Å². The van der Waals surface area contributed by atoms with Crippen LogP contribution < -0.4 is 10.8 Å². The third-order valence-electron chi connectivity index (χ3n) is 4.44. The van der Waals surface area contributed by atoms with Gasteiger partial charge in [-0.05, 0) is 36.6 Å². The Morgan fingerprint density at radius 3 is 2.58 bits per heavy atom. The third kappa shape index (κ3) is 3.31. The lowest BCUT2D eigenvalue weighted by Crippen LogP contribution is -2.49. The lowest BCUT2D eigenvalue weighted by molar-refractivity contribution is -0.133. The van der Waals surface area contributed by atoms with Crippen LogP contribution in [-0.2, 0) is 26.8 Å². The fraction of sp³-hybridized carbons (Fsp3) is 0.278. The second-order valence-corrected chi connectivity index (χ2v) is 8.25. The first-order valence-electron chi connectivity index (χ1n) is 8.28. The van der Waals surface area contributed by atoms with Crippen LogP contribution in [0, 0.1) is 5.82 Å². The van der Waals surface area contributed by atoms with E-state index in [-0.39, 0.29) is 24.9 Å². The van der Waals surface area contributed by atoms with Gasteiger partial charge < -0.3 is 4.52 Å². The van der Waals surface area contributed by atoms with E-state index in [0.29, 0.717) is 0 Å². The highest BCUT2D eigenvalue weighted by molar-refractivity contribution is 7.64. The van der Waals surface area contributed by atoms with Crippen LogP contribution in [0.3, 0.4) is 0 Å². The van der Waals surface area contributed by atoms with E-state index in [1.165, 1.54) is 22.9 Å². The molecule has 2 aromatic rings. The molecule has 1 unspecified atom stereocenters. The summed E-state index contributed by atoms with van der Waals surface area (Å²) in [6.07, 6.45) is 0.230. The molecule has 0 fully saturated rings. The number of carbonyl (C=O) groups is 1. The summed E-state index contributed by atoms with van der Waals surface area (Å²) in [5, 5.41) is 9.06. The molecular weight excluding hydrogens is 358 g/mol. The summed E-state index contributed by atoms with van der Waals surface area (Å²) in [5.74, 6) is -1.37. The molecule has 1 heterocycles. The molecule has 0 aromatic heterocycles. The number of hydrogen-bond acceptors (Lipinski definition) is 4. The Labute approximate surface area is 151 Å². The Balaban J connectivity index is 2.13. The highest BCUT2D eigenvalue weighted by Crippen LogP contribution is 2.54. The lowest BCUT2D eigenvalue weighted by Gasteiger charge is -2.39. The van der Waals surface area contributed by atoms with Crippen LogP contribution in [0.25, 0.3) is 0 Å². The molecule has 1 aliphatic heterocycles. The number of amides is 1. The van der Waals surface area contributed by atoms with Gasteiger partial charge in [-0.2, -0.15) is 0 Å². The van der Waals surface area contributed by atoms with Gasteiger partial charge in [0.1, 0.15) is 11.9 Å². The van der Waals surface area contributed by atoms with E-state index in [1.807, 2.05) is 24.3 Å². The molecule has 138 valence electrons. The average Bonchev–Trinajstić information content (AvgIpc) is 2.66. The lowest BCUT2D eigenvalue weighted by atomic mass is 9.95. The Bertz CT molecular complexity index is 861. The monoisotopic (exact) mass is 378 g/mol. The van der Waals surface area contributed by atoms with Crippen molar-refractivity contribution in [1.29, 1.82) is 0 Å². The van der Waals surface area contributed by atoms with Crippen molar-refractivity contribution in [2.24, 2.45) is 0 Å². The van der Waals surface area contributed by atoms with E-state index < -0.39 is 25.3 Å². The van der Waals surface area contributed by atoms with Gasteiger partial charge >= 0.3 is 7.52 Å². The van der Waals surface area contributed by atoms with Crippen molar-refractivity contribution in [2.45, 2.75) is 25.9 Å². The van der Waals surface area contributed by atoms with Crippen molar-refractivity contribution >= 4 is 18.7 Å². The van der Waals surface area contributed by atoms with Crippen LogP contribution in [0.2, 0.25) is 0 Å². The standard InChI is InChI=1S/C18H20FN2O4P/c1-2-25-26(24,17-10-6-5-9-15(17)19)21-12-14-8-4-3-7-13(14)11-16(21)18(22)20-23/h3-10,16,23H,2,11-12H2,1H3,(H,20,22)/t16-,26?/m1/s1. The first-order valence-corrected chi connectivity index (χ1v) is 9.86. The van der Waals surface area contributed by atoms with Gasteiger partial charge in [-0.15, -0.1) is 0 Å². The van der Waals surface area contributed by atoms with Gasteiger partial charge in [0.25, 0.3) is 5.91 Å². The molecule has 6 nitrogen and oxygen atoms in total. The molecule has 26 heavy (non-hydrogen) atoms. The van der Waals surface area contributed by atoms with Crippen molar-refractivity contribution < 1.29 is 23.5 Å². The maximum Gasteiger partial charge on any atom is 0.306 e. The topological polar surface area (TPSA) is 78.9 Å². The van der Waals surface area contributed by atoms with Gasteiger partial charge in [0.15, 0.2) is 0 Å². The summed E-state index contributed by atoms with van der Waals surface area (Å²) in [6, 6.07) is 12.2. The molecule has 2 N–H and O–H groups in total. The van der Waals surface area contributed by atoms with Crippen molar-refractivity contribution in [3.05, 3.63) is 65.5 Å². The molecule has 1 amide bonds. The summed E-state index contributed by atoms with van der Waals surface area (Å²) in [6.45, 7) is 1.88. The fourth-order valence-corrected chi connectivity index (χ4v) is 5.65. The highest BCUT2D eigenvalue weighted by atomic mass is 31.2. The smallest absolute Gasteiger partial charge is 0.306 e. The van der Waals surface area contributed by atoms with Crippen LogP contribution in [0.1, 0.15) is 18.1 Å². The molecule has 2 aromatic carbocycles. The van der Waals surface area contributed by atoms with Crippen molar-refractivity contribution in [3.63, 3.8) is 0 Å². The van der Waals surface area contributed by atoms with Gasteiger partial charge in [0.2, 0.25) is 0 Å². The molecule has 0 spiro atoms. The van der Waals surface area contributed by atoms with Crippen LogP contribution in [-0.4, -0.2) is 28.4 Å². The maximum absolute atomic E-state index is 14.4. The number of rotatable bonds is 5. The second kappa shape index (κ2) is 7.68. The van der Waals surface area contributed by atoms with Gasteiger partial charge in [0, 0.05) is 6.54 Å². The highest BCUT2D eigenvalue weighted by Gasteiger charge is 2.45. The van der Waals surface area contributed by atoms with Crippen LogP contribution in [0.4, 0.5) is 4.39 Å². The van der Waals surface area contributed by atoms with Crippen molar-refractivity contribution in [1.82, 2.24) is 10.2 Å². The van der Waals surface area contributed by atoms with Gasteiger partial charge in [-0.1, -0.05) is 36.4 Å². The minimum atomic E-state index is -3.88. The summed E-state index contributed by atoms with van der Waals surface area (Å²) in [7, 11) is -3.88. The predicted molar refractivity (Wildman–Crippen MR) is 94.7 cm³/mol. The molecule has 0 saturated carbocycles. The minimum absolute atomic E-state index is 0.0806. The van der Waals surface area contributed by atoms with E-state index in [1.54, 1.807) is 18.5 Å². The number of fused-ring (bicyclic) bond motifs is 1. The molecule has 0 radical (unpaired) electrons. The fourth-order valence-electron chi connectivity index (χ4n) is 3.23. The quantitative estimate of drug-likeness (QED) is 0.475. The largest absolute Gasteiger partial charge is 0.314 e. The zero-order valence-corrected chi connectivity index (χ0v) is 15.2. The van der Waals surface area contributed by atoms with Crippen molar-refractivity contribution in [2.75, 3.05) is 6.61 Å². The Morgan fingerprint density at radius 2 is 1.92 bits per heavy atom. The summed E-state index contributed by atoms with van der Waals surface area (Å²) in [4.78, 5) is 12.3. The average molecular weight is 378 g/mol. The van der Waals surface area contributed by atoms with Gasteiger partial charge in [-0.25, -0.2) is 14.5 Å². The third-order valence-corrected chi connectivity index (χ3v) is 7.11. The number of halogens is 1. The zero-order valence-electron chi connectivity index (χ0n) is 14.3. The molecule has 0 saturated heterocycles. The number of hydrogen-bond donors (Lipinski definition) is 2. The van der Waals surface area contributed by atoms with E-state index in [4.69, 9.17) is 9.73 Å². The number of carbonyl (C=O) groups excluding carboxylic acids is 1. The predicted octanol–water partition coefficient (Wildman–Crippen LogP) is 2.61. The molecule has 2 atom stereocenters. The molecule has 8 heteroatoms. The zero-order chi connectivity index (χ0) is 18.7.